The van der Waals surface area contributed by atoms with Gasteiger partial charge in [-0.2, -0.15) is 13.2 Å². The zero-order valence-electron chi connectivity index (χ0n) is 18.5. The van der Waals surface area contributed by atoms with Gasteiger partial charge in [0.15, 0.2) is 11.4 Å². The van der Waals surface area contributed by atoms with Gasteiger partial charge in [0.1, 0.15) is 0 Å². The Labute approximate surface area is 185 Å². The molecule has 2 aromatic rings. The first-order valence-electron chi connectivity index (χ1n) is 11.5. The predicted molar refractivity (Wildman–Crippen MR) is 116 cm³/mol. The molecule has 1 aromatic heterocycles. The zero-order chi connectivity index (χ0) is 22.9. The largest absolute Gasteiger partial charge is 0.416 e. The van der Waals surface area contributed by atoms with Crippen molar-refractivity contribution in [2.75, 3.05) is 25.0 Å². The summed E-state index contributed by atoms with van der Waals surface area (Å²) in [4.78, 5) is 14.8. The lowest BCUT2D eigenvalue weighted by molar-refractivity contribution is -0.137. The smallest absolute Gasteiger partial charge is 0.358 e. The first kappa shape index (κ1) is 22.9. The van der Waals surface area contributed by atoms with Gasteiger partial charge in [0, 0.05) is 19.1 Å². The van der Waals surface area contributed by atoms with E-state index in [-0.39, 0.29) is 35.3 Å². The van der Waals surface area contributed by atoms with Crippen molar-refractivity contribution in [3.63, 3.8) is 0 Å². The topological polar surface area (TPSA) is 70.4 Å². The van der Waals surface area contributed by atoms with Crippen molar-refractivity contribution in [1.29, 1.82) is 0 Å². The minimum atomic E-state index is -4.45. The van der Waals surface area contributed by atoms with Gasteiger partial charge in [0.05, 0.1) is 23.5 Å². The zero-order valence-corrected chi connectivity index (χ0v) is 18.5. The Kier molecular flexibility index (Phi) is 6.65. The number of likely N-dealkylation sites (tertiary alicyclic amines) is 1. The molecule has 4 rings (SSSR count). The Morgan fingerprint density at radius 3 is 2.62 bits per heavy atom. The number of fused-ring (bicyclic) bond motifs is 1. The summed E-state index contributed by atoms with van der Waals surface area (Å²) in [5, 5.41) is 9.75. The average molecular weight is 453 g/mol. The SMILES string of the molecule is CCC(C)C1CCC(N2CC(NC(=O)CNc3noc4ccc(C(F)(F)F)cc34)C2)CC1. The van der Waals surface area contributed by atoms with E-state index in [0.717, 1.165) is 37.1 Å². The van der Waals surface area contributed by atoms with Gasteiger partial charge in [0.2, 0.25) is 5.91 Å². The fourth-order valence-corrected chi connectivity index (χ4v) is 4.96. The molecule has 32 heavy (non-hydrogen) atoms. The minimum absolute atomic E-state index is 0.0750. The standard InChI is InChI=1S/C23H31F3N4O2/c1-3-14(2)15-4-7-18(8-5-15)30-12-17(13-30)28-21(31)11-27-22-19-10-16(23(24,25)26)6-9-20(19)32-29-22/h6,9-10,14-15,17-18H,3-5,7-8,11-13H2,1-2H3,(H,27,29)(H,28,31). The highest BCUT2D eigenvalue weighted by molar-refractivity contribution is 5.90. The van der Waals surface area contributed by atoms with Crippen LogP contribution < -0.4 is 10.6 Å². The molecule has 1 saturated heterocycles. The minimum Gasteiger partial charge on any atom is -0.358 e. The van der Waals surface area contributed by atoms with Crippen molar-refractivity contribution < 1.29 is 22.5 Å². The molecule has 1 aliphatic heterocycles. The number of benzene rings is 1. The molecule has 0 radical (unpaired) electrons. The maximum absolute atomic E-state index is 13.0. The van der Waals surface area contributed by atoms with Gasteiger partial charge in [-0.1, -0.05) is 25.4 Å². The average Bonchev–Trinajstić information content (AvgIpc) is 3.16. The predicted octanol–water partition coefficient (Wildman–Crippen LogP) is 4.66. The maximum atomic E-state index is 13.0. The molecule has 2 aliphatic rings. The second kappa shape index (κ2) is 9.29. The van der Waals surface area contributed by atoms with E-state index in [1.54, 1.807) is 0 Å². The van der Waals surface area contributed by atoms with Crippen LogP contribution in [0.3, 0.4) is 0 Å². The monoisotopic (exact) mass is 452 g/mol. The highest BCUT2D eigenvalue weighted by Crippen LogP contribution is 2.35. The quantitative estimate of drug-likeness (QED) is 0.639. The van der Waals surface area contributed by atoms with Gasteiger partial charge in [0.25, 0.3) is 0 Å². The van der Waals surface area contributed by atoms with Crippen LogP contribution in [-0.4, -0.2) is 47.7 Å². The number of nitrogens with one attached hydrogen (secondary N) is 2. The maximum Gasteiger partial charge on any atom is 0.416 e. The van der Waals surface area contributed by atoms with Crippen LogP contribution in [0.1, 0.15) is 51.5 Å². The molecule has 2 heterocycles. The molecule has 1 aliphatic carbocycles. The van der Waals surface area contributed by atoms with Crippen LogP contribution in [0.2, 0.25) is 0 Å². The van der Waals surface area contributed by atoms with E-state index >= 15 is 0 Å². The highest BCUT2D eigenvalue weighted by Gasteiger charge is 2.36. The van der Waals surface area contributed by atoms with Gasteiger partial charge >= 0.3 is 6.18 Å². The fourth-order valence-electron chi connectivity index (χ4n) is 4.96. The van der Waals surface area contributed by atoms with Gasteiger partial charge in [-0.25, -0.2) is 0 Å². The highest BCUT2D eigenvalue weighted by atomic mass is 19.4. The number of alkyl halides is 3. The molecule has 1 saturated carbocycles. The number of nitrogens with zero attached hydrogens (tertiary/aromatic N) is 2. The molecule has 0 bridgehead atoms. The first-order valence-corrected chi connectivity index (χ1v) is 11.5. The van der Waals surface area contributed by atoms with Crippen molar-refractivity contribution in [2.24, 2.45) is 11.8 Å². The summed E-state index contributed by atoms with van der Waals surface area (Å²) in [5.41, 5.74) is -0.549. The van der Waals surface area contributed by atoms with Crippen LogP contribution in [0.15, 0.2) is 22.7 Å². The Morgan fingerprint density at radius 1 is 1.25 bits per heavy atom. The number of amides is 1. The van der Waals surface area contributed by atoms with Crippen LogP contribution in [-0.2, 0) is 11.0 Å². The molecular weight excluding hydrogens is 421 g/mol. The second-order valence-corrected chi connectivity index (χ2v) is 9.27. The van der Waals surface area contributed by atoms with Crippen LogP contribution in [0.25, 0.3) is 11.0 Å². The molecule has 176 valence electrons. The third-order valence-corrected chi connectivity index (χ3v) is 7.20. The van der Waals surface area contributed by atoms with E-state index in [2.05, 4.69) is 34.5 Å². The molecule has 2 fully saturated rings. The number of rotatable bonds is 7. The molecule has 0 spiro atoms. The molecule has 6 nitrogen and oxygen atoms in total. The first-order chi connectivity index (χ1) is 15.2. The fraction of sp³-hybridized carbons (Fsp3) is 0.652. The molecule has 1 unspecified atom stereocenters. The molecule has 1 amide bonds. The third-order valence-electron chi connectivity index (χ3n) is 7.20. The van der Waals surface area contributed by atoms with Crippen LogP contribution in [0.5, 0.6) is 0 Å². The van der Waals surface area contributed by atoms with Gasteiger partial charge in [-0.3, -0.25) is 9.69 Å². The van der Waals surface area contributed by atoms with Crippen LogP contribution >= 0.6 is 0 Å². The van der Waals surface area contributed by atoms with Crippen molar-refractivity contribution >= 4 is 22.7 Å². The van der Waals surface area contributed by atoms with Gasteiger partial charge < -0.3 is 15.2 Å². The van der Waals surface area contributed by atoms with E-state index < -0.39 is 11.7 Å². The number of carbonyl (C=O) groups is 1. The van der Waals surface area contributed by atoms with Crippen molar-refractivity contribution in [2.45, 2.75) is 64.2 Å². The summed E-state index contributed by atoms with van der Waals surface area (Å²) in [6, 6.07) is 3.89. The summed E-state index contributed by atoms with van der Waals surface area (Å²) in [6.07, 6.45) is 1.84. The summed E-state index contributed by atoms with van der Waals surface area (Å²) in [6.45, 7) is 6.25. The van der Waals surface area contributed by atoms with E-state index in [4.69, 9.17) is 4.52 Å². The van der Waals surface area contributed by atoms with E-state index in [1.807, 2.05) is 0 Å². The number of aromatic nitrogens is 1. The normalized spacial score (nSPS) is 23.7. The molecule has 1 atom stereocenters. The summed E-state index contributed by atoms with van der Waals surface area (Å²) < 4.78 is 43.9. The van der Waals surface area contributed by atoms with Crippen molar-refractivity contribution in [3.05, 3.63) is 23.8 Å². The number of halogens is 3. The Bertz CT molecular complexity index is 931. The number of hydrogen-bond donors (Lipinski definition) is 2. The van der Waals surface area contributed by atoms with Crippen molar-refractivity contribution in [1.82, 2.24) is 15.4 Å². The lowest BCUT2D eigenvalue weighted by Gasteiger charge is -2.47. The second-order valence-electron chi connectivity index (χ2n) is 9.27. The lowest BCUT2D eigenvalue weighted by Crippen LogP contribution is -2.63. The molecule has 1 aromatic carbocycles. The summed E-state index contributed by atoms with van der Waals surface area (Å²) >= 11 is 0. The van der Waals surface area contributed by atoms with Crippen molar-refractivity contribution in [3.8, 4) is 0 Å². The van der Waals surface area contributed by atoms with Crippen LogP contribution in [0.4, 0.5) is 19.0 Å². The van der Waals surface area contributed by atoms with E-state index in [1.165, 1.54) is 38.2 Å². The molecule has 9 heteroatoms. The summed E-state index contributed by atoms with van der Waals surface area (Å²) in [5.74, 6) is 1.57. The number of anilines is 1. The van der Waals surface area contributed by atoms with E-state index in [0.29, 0.717) is 6.04 Å². The number of carbonyl (C=O) groups excluding carboxylic acids is 1. The Hall–Kier alpha value is -2.29. The van der Waals surface area contributed by atoms with Gasteiger partial charge in [-0.05, 0) is 55.7 Å². The Balaban J connectivity index is 1.22. The summed E-state index contributed by atoms with van der Waals surface area (Å²) in [7, 11) is 0. The van der Waals surface area contributed by atoms with E-state index in [9.17, 15) is 18.0 Å². The lowest BCUT2D eigenvalue weighted by atomic mass is 9.77. The molecule has 2 N–H and O–H groups in total. The number of hydrogen-bond acceptors (Lipinski definition) is 5. The van der Waals surface area contributed by atoms with Gasteiger partial charge in [-0.15, -0.1) is 0 Å². The molecular formula is C23H31F3N4O2. The van der Waals surface area contributed by atoms with Crippen LogP contribution in [0, 0.1) is 11.8 Å². The Morgan fingerprint density at radius 2 is 1.97 bits per heavy atom. The third kappa shape index (κ3) is 5.03.